The summed E-state index contributed by atoms with van der Waals surface area (Å²) < 4.78 is 23.5. The first-order valence-electron chi connectivity index (χ1n) is 15.1. The molecule has 0 N–H and O–H groups in total. The third-order valence-corrected chi connectivity index (χ3v) is 9.74. The first-order chi connectivity index (χ1) is 22.0. The molecule has 0 aliphatic heterocycles. The lowest BCUT2D eigenvalue weighted by atomic mass is 9.73. The summed E-state index contributed by atoms with van der Waals surface area (Å²) in [7, 11) is 0. The van der Waals surface area contributed by atoms with Crippen molar-refractivity contribution < 1.29 is 38.1 Å². The van der Waals surface area contributed by atoms with Crippen LogP contribution in [0.4, 0.5) is 0 Å². The molecule has 46 heavy (non-hydrogen) atoms. The number of carbonyl (C=O) groups excluding carboxylic acids is 4. The molecular formula is C38H34O8. The first-order valence-corrected chi connectivity index (χ1v) is 15.1. The SMILES string of the molecule is CC1(C)C(C(=O)Oc2ccccc2)[C@]1(C(=O)Oc1ccccc1)[C@@]1(C(=O)Oc2ccccc2)[C@H](C(=O)Oc2ccccc2)C1(C)C. The van der Waals surface area contributed by atoms with Gasteiger partial charge in [-0.15, -0.1) is 0 Å². The molecule has 2 fully saturated rings. The molecule has 2 saturated carbocycles. The molecule has 2 aliphatic rings. The maximum absolute atomic E-state index is 14.7. The van der Waals surface area contributed by atoms with Crippen molar-refractivity contribution in [2.45, 2.75) is 27.7 Å². The van der Waals surface area contributed by atoms with E-state index in [0.717, 1.165) is 0 Å². The molecule has 1 unspecified atom stereocenters. The van der Waals surface area contributed by atoms with Gasteiger partial charge in [-0.25, -0.2) is 0 Å². The Balaban J connectivity index is 1.51. The van der Waals surface area contributed by atoms with Gasteiger partial charge in [0.2, 0.25) is 0 Å². The normalized spacial score (nSPS) is 25.0. The van der Waals surface area contributed by atoms with Gasteiger partial charge in [0.05, 0.1) is 11.8 Å². The zero-order valence-electron chi connectivity index (χ0n) is 26.0. The number of hydrogen-bond donors (Lipinski definition) is 0. The smallest absolute Gasteiger partial charge is 0.320 e. The van der Waals surface area contributed by atoms with E-state index in [1.807, 2.05) is 0 Å². The highest BCUT2D eigenvalue weighted by molar-refractivity contribution is 6.07. The summed E-state index contributed by atoms with van der Waals surface area (Å²) in [6.45, 7) is 6.84. The van der Waals surface area contributed by atoms with Crippen LogP contribution >= 0.6 is 0 Å². The average Bonchev–Trinajstić information content (AvgIpc) is 3.80. The van der Waals surface area contributed by atoms with Crippen LogP contribution in [-0.2, 0) is 19.2 Å². The van der Waals surface area contributed by atoms with Crippen molar-refractivity contribution in [2.24, 2.45) is 33.5 Å². The van der Waals surface area contributed by atoms with E-state index in [-0.39, 0.29) is 23.0 Å². The van der Waals surface area contributed by atoms with Gasteiger partial charge in [0.15, 0.2) is 0 Å². The van der Waals surface area contributed by atoms with E-state index in [2.05, 4.69) is 0 Å². The number of ether oxygens (including phenoxy) is 4. The van der Waals surface area contributed by atoms with E-state index in [1.54, 1.807) is 149 Å². The fourth-order valence-electron chi connectivity index (χ4n) is 7.70. The Morgan fingerprint density at radius 2 is 0.652 bits per heavy atom. The van der Waals surface area contributed by atoms with E-state index >= 15 is 0 Å². The van der Waals surface area contributed by atoms with E-state index in [9.17, 15) is 19.2 Å². The minimum atomic E-state index is -1.89. The molecule has 8 heteroatoms. The molecule has 4 atom stereocenters. The Bertz CT molecular complexity index is 1640. The topological polar surface area (TPSA) is 105 Å². The van der Waals surface area contributed by atoms with Crippen LogP contribution in [0.2, 0.25) is 0 Å². The predicted molar refractivity (Wildman–Crippen MR) is 168 cm³/mol. The monoisotopic (exact) mass is 618 g/mol. The third kappa shape index (κ3) is 4.59. The maximum Gasteiger partial charge on any atom is 0.320 e. The fraction of sp³-hybridized carbons (Fsp3) is 0.263. The Morgan fingerprint density at radius 1 is 0.413 bits per heavy atom. The van der Waals surface area contributed by atoms with Crippen LogP contribution in [0.25, 0.3) is 0 Å². The Hall–Kier alpha value is -5.24. The Labute approximate surface area is 267 Å². The molecule has 0 saturated heterocycles. The van der Waals surface area contributed by atoms with Gasteiger partial charge in [0.25, 0.3) is 0 Å². The van der Waals surface area contributed by atoms with Gasteiger partial charge in [0.1, 0.15) is 33.8 Å². The van der Waals surface area contributed by atoms with Gasteiger partial charge < -0.3 is 18.9 Å². The molecule has 0 bridgehead atoms. The highest BCUT2D eigenvalue weighted by atomic mass is 16.6. The summed E-state index contributed by atoms with van der Waals surface area (Å²) in [4.78, 5) is 57.7. The lowest BCUT2D eigenvalue weighted by Gasteiger charge is -2.30. The molecule has 0 heterocycles. The number of carbonyl (C=O) groups is 4. The molecule has 8 nitrogen and oxygen atoms in total. The molecule has 6 rings (SSSR count). The van der Waals surface area contributed by atoms with Crippen molar-refractivity contribution in [1.82, 2.24) is 0 Å². The number of benzene rings is 4. The van der Waals surface area contributed by atoms with Crippen LogP contribution in [0.3, 0.4) is 0 Å². The molecule has 0 aromatic heterocycles. The molecule has 0 spiro atoms. The summed E-state index contributed by atoms with van der Waals surface area (Å²) in [6.07, 6.45) is 0. The quantitative estimate of drug-likeness (QED) is 0.151. The lowest BCUT2D eigenvalue weighted by Crippen LogP contribution is -2.47. The molecule has 2 aliphatic carbocycles. The van der Waals surface area contributed by atoms with Crippen molar-refractivity contribution >= 4 is 23.9 Å². The largest absolute Gasteiger partial charge is 0.426 e. The van der Waals surface area contributed by atoms with Crippen molar-refractivity contribution in [3.05, 3.63) is 121 Å². The van der Waals surface area contributed by atoms with Gasteiger partial charge in [0, 0.05) is 0 Å². The van der Waals surface area contributed by atoms with Crippen LogP contribution in [0.15, 0.2) is 121 Å². The van der Waals surface area contributed by atoms with Crippen LogP contribution < -0.4 is 18.9 Å². The maximum atomic E-state index is 14.7. The number of esters is 4. The molecule has 4 aromatic carbocycles. The summed E-state index contributed by atoms with van der Waals surface area (Å²) in [5, 5.41) is 0. The minimum absolute atomic E-state index is 0.221. The van der Waals surface area contributed by atoms with E-state index in [0.29, 0.717) is 0 Å². The standard InChI is InChI=1S/C38H34O8/c1-35(2)29(31(39)43-25-17-9-5-10-18-25)37(35,33(41)45-27-21-13-7-14-22-27)38(34(42)46-28-23-15-8-16-24-28)30(36(38,3)4)32(40)44-26-19-11-6-12-20-26/h5-24,29-30H,1-4H3/t29-,30?,37-,38-/m1/s1. The molecule has 4 aromatic rings. The van der Waals surface area contributed by atoms with Gasteiger partial charge >= 0.3 is 23.9 Å². The summed E-state index contributed by atoms with van der Waals surface area (Å²) in [5.41, 5.74) is -6.23. The second kappa shape index (κ2) is 11.3. The van der Waals surface area contributed by atoms with Crippen LogP contribution in [0.1, 0.15) is 27.7 Å². The molecule has 0 radical (unpaired) electrons. The average molecular weight is 619 g/mol. The second-order valence-electron chi connectivity index (χ2n) is 12.8. The summed E-state index contributed by atoms with van der Waals surface area (Å²) in [5.74, 6) is -4.53. The van der Waals surface area contributed by atoms with Gasteiger partial charge in [-0.1, -0.05) is 100 Å². The van der Waals surface area contributed by atoms with E-state index in [1.165, 1.54) is 0 Å². The van der Waals surface area contributed by atoms with E-state index < -0.39 is 57.4 Å². The van der Waals surface area contributed by atoms with Crippen molar-refractivity contribution in [3.8, 4) is 23.0 Å². The Kier molecular flexibility index (Phi) is 7.55. The first kappa shape index (κ1) is 30.8. The fourth-order valence-corrected chi connectivity index (χ4v) is 7.70. The van der Waals surface area contributed by atoms with Crippen LogP contribution in [0, 0.1) is 33.5 Å². The van der Waals surface area contributed by atoms with E-state index in [4.69, 9.17) is 18.9 Å². The summed E-state index contributed by atoms with van der Waals surface area (Å²) in [6, 6.07) is 33.7. The van der Waals surface area contributed by atoms with Crippen LogP contribution in [-0.4, -0.2) is 23.9 Å². The zero-order chi connectivity index (χ0) is 32.7. The van der Waals surface area contributed by atoms with Gasteiger partial charge in [-0.2, -0.15) is 0 Å². The van der Waals surface area contributed by atoms with Crippen molar-refractivity contribution in [3.63, 3.8) is 0 Å². The van der Waals surface area contributed by atoms with Crippen molar-refractivity contribution in [1.29, 1.82) is 0 Å². The molecule has 0 amide bonds. The highest BCUT2D eigenvalue weighted by Gasteiger charge is 3.01. The third-order valence-electron chi connectivity index (χ3n) is 9.74. The lowest BCUT2D eigenvalue weighted by molar-refractivity contribution is -0.162. The van der Waals surface area contributed by atoms with Crippen molar-refractivity contribution in [2.75, 3.05) is 0 Å². The van der Waals surface area contributed by atoms with Crippen LogP contribution in [0.5, 0.6) is 23.0 Å². The number of para-hydroxylation sites is 4. The van der Waals surface area contributed by atoms with Gasteiger partial charge in [-0.3, -0.25) is 19.2 Å². The van der Waals surface area contributed by atoms with Gasteiger partial charge in [-0.05, 0) is 59.4 Å². The molecular weight excluding hydrogens is 584 g/mol. The minimum Gasteiger partial charge on any atom is -0.426 e. The second-order valence-corrected chi connectivity index (χ2v) is 12.8. The molecule has 234 valence electrons. The number of hydrogen-bond acceptors (Lipinski definition) is 8. The predicted octanol–water partition coefficient (Wildman–Crippen LogP) is 6.69. The number of rotatable bonds is 9. The zero-order valence-corrected chi connectivity index (χ0v) is 26.0. The summed E-state index contributed by atoms with van der Waals surface area (Å²) >= 11 is 0. The highest BCUT2D eigenvalue weighted by Crippen LogP contribution is 2.90. The Morgan fingerprint density at radius 3 is 0.913 bits per heavy atom.